The molecule has 182 valence electrons. The van der Waals surface area contributed by atoms with Gasteiger partial charge in [0.2, 0.25) is 0 Å². The Bertz CT molecular complexity index is 1060. The van der Waals surface area contributed by atoms with E-state index in [0.717, 1.165) is 48.0 Å². The molecule has 0 N–H and O–H groups in total. The topological polar surface area (TPSA) is 36.4 Å². The Morgan fingerprint density at radius 3 is 2.26 bits per heavy atom. The molecule has 0 aliphatic rings. The second-order valence-corrected chi connectivity index (χ2v) is 8.57. The van der Waals surface area contributed by atoms with Crippen LogP contribution in [0.15, 0.2) is 60.2 Å². The van der Waals surface area contributed by atoms with E-state index in [1.807, 2.05) is 13.0 Å². The zero-order valence-electron chi connectivity index (χ0n) is 21.0. The number of rotatable bonds is 13. The molecule has 0 aliphatic heterocycles. The van der Waals surface area contributed by atoms with E-state index in [1.165, 1.54) is 49.7 Å². The van der Waals surface area contributed by atoms with Crippen molar-refractivity contribution in [2.75, 3.05) is 0 Å². The quantitative estimate of drug-likeness (QED) is 0.0507. The minimum atomic E-state index is 0. The van der Waals surface area contributed by atoms with Crippen molar-refractivity contribution in [3.05, 3.63) is 88.0 Å². The molecular formula is C31H38N2Ni. The predicted molar refractivity (Wildman–Crippen MR) is 141 cm³/mol. The number of nitrogens with zero attached hydrogens (tertiary/aromatic N) is 2. The zero-order valence-corrected chi connectivity index (χ0v) is 22.0. The van der Waals surface area contributed by atoms with Crippen LogP contribution in [0.5, 0.6) is 0 Å². The van der Waals surface area contributed by atoms with E-state index in [1.54, 1.807) is 0 Å². The molecule has 0 fully saturated rings. The van der Waals surface area contributed by atoms with Gasteiger partial charge >= 0.3 is 5.87 Å². The van der Waals surface area contributed by atoms with Crippen molar-refractivity contribution in [1.29, 1.82) is 0 Å². The summed E-state index contributed by atoms with van der Waals surface area (Å²) in [6, 6.07) is 17.2. The van der Waals surface area contributed by atoms with Crippen LogP contribution >= 0.6 is 0 Å². The Morgan fingerprint density at radius 2 is 1.56 bits per heavy atom. The fourth-order valence-electron chi connectivity index (χ4n) is 4.01. The van der Waals surface area contributed by atoms with Crippen LogP contribution < -0.4 is 0 Å². The number of unbranched alkanes of at least 4 members (excludes halogenated alkanes) is 6. The van der Waals surface area contributed by atoms with Crippen LogP contribution in [-0.2, 0) is 22.9 Å². The summed E-state index contributed by atoms with van der Waals surface area (Å²) in [5.74, 6) is 8.96. The molecule has 0 unspecified atom stereocenters. The Balaban J connectivity index is 0.00000578. The van der Waals surface area contributed by atoms with Gasteiger partial charge < -0.3 is 5.53 Å². The summed E-state index contributed by atoms with van der Waals surface area (Å²) in [4.78, 5) is 3.21. The number of benzene rings is 2. The SMILES string of the molecule is CC#Cc1cccc(C(=CC(=C=[N+]=[N-])CCCC)c2cccc(CCCCCCCC)c2)c1.[Ni]. The first kappa shape index (κ1) is 29.4. The van der Waals surface area contributed by atoms with Crippen LogP contribution in [0.3, 0.4) is 0 Å². The minimum Gasteiger partial charge on any atom is -0.348 e. The molecule has 0 aromatic heterocycles. The molecule has 2 nitrogen and oxygen atoms in total. The second-order valence-electron chi connectivity index (χ2n) is 8.57. The predicted octanol–water partition coefficient (Wildman–Crippen LogP) is 8.41. The normalized spacial score (nSPS) is 10.4. The zero-order chi connectivity index (χ0) is 23.7. The molecule has 0 bridgehead atoms. The maximum Gasteiger partial charge on any atom is 0.303 e. The van der Waals surface area contributed by atoms with Gasteiger partial charge in [0.1, 0.15) is 0 Å². The molecule has 0 spiro atoms. The van der Waals surface area contributed by atoms with E-state index in [4.69, 9.17) is 5.53 Å². The Kier molecular flexibility index (Phi) is 15.4. The maximum absolute atomic E-state index is 9.17. The van der Waals surface area contributed by atoms with E-state index < -0.39 is 0 Å². The molecule has 0 aliphatic carbocycles. The van der Waals surface area contributed by atoms with E-state index in [-0.39, 0.29) is 16.5 Å². The van der Waals surface area contributed by atoms with Crippen LogP contribution in [0.1, 0.15) is 101 Å². The summed E-state index contributed by atoms with van der Waals surface area (Å²) < 4.78 is 0. The van der Waals surface area contributed by atoms with E-state index in [0.29, 0.717) is 0 Å². The van der Waals surface area contributed by atoms with Crippen molar-refractivity contribution >= 4 is 11.4 Å². The van der Waals surface area contributed by atoms with Crippen molar-refractivity contribution < 1.29 is 21.3 Å². The standard InChI is InChI=1S/C31H38N2.Ni/c1-4-7-9-10-11-12-17-27-19-14-21-30(23-27)31(24-28(25-33-32)16-8-5-2)29-20-13-18-26(22-29)15-6-3;/h13-14,18-24H,4-5,7-12,16-17H2,1-3H3;. The number of hydrogen-bond donors (Lipinski definition) is 0. The minimum absolute atomic E-state index is 0. The smallest absolute Gasteiger partial charge is 0.303 e. The number of hydrogen-bond acceptors (Lipinski definition) is 0. The Labute approximate surface area is 217 Å². The summed E-state index contributed by atoms with van der Waals surface area (Å²) in [7, 11) is 0. The summed E-state index contributed by atoms with van der Waals surface area (Å²) >= 11 is 0. The van der Waals surface area contributed by atoms with Gasteiger partial charge in [-0.3, -0.25) is 0 Å². The van der Waals surface area contributed by atoms with Crippen LogP contribution in [0, 0.1) is 11.8 Å². The molecule has 2 rings (SSSR count). The Morgan fingerprint density at radius 1 is 0.882 bits per heavy atom. The average Bonchev–Trinajstić information content (AvgIpc) is 2.83. The molecule has 0 saturated carbocycles. The van der Waals surface area contributed by atoms with Crippen LogP contribution in [-0.4, -0.2) is 10.7 Å². The van der Waals surface area contributed by atoms with Gasteiger partial charge in [0.25, 0.3) is 0 Å². The van der Waals surface area contributed by atoms with Crippen molar-refractivity contribution in [3.63, 3.8) is 0 Å². The average molecular weight is 497 g/mol. The summed E-state index contributed by atoms with van der Waals surface area (Å²) in [5.41, 5.74) is 15.8. The van der Waals surface area contributed by atoms with Gasteiger partial charge in [0.15, 0.2) is 0 Å². The largest absolute Gasteiger partial charge is 0.348 e. The fourth-order valence-corrected chi connectivity index (χ4v) is 4.01. The van der Waals surface area contributed by atoms with Crippen LogP contribution in [0.2, 0.25) is 0 Å². The number of aryl methyl sites for hydroxylation is 1. The molecule has 2 aromatic carbocycles. The van der Waals surface area contributed by atoms with E-state index >= 15 is 0 Å². The summed E-state index contributed by atoms with van der Waals surface area (Å²) in [6.07, 6.45) is 14.0. The third kappa shape index (κ3) is 10.5. The molecule has 3 heteroatoms. The van der Waals surface area contributed by atoms with Crippen molar-refractivity contribution in [1.82, 2.24) is 0 Å². The van der Waals surface area contributed by atoms with Crippen molar-refractivity contribution in [2.24, 2.45) is 0 Å². The second kappa shape index (κ2) is 17.8. The molecule has 0 saturated heterocycles. The van der Waals surface area contributed by atoms with Crippen LogP contribution in [0.25, 0.3) is 11.1 Å². The van der Waals surface area contributed by atoms with E-state index in [2.05, 4.69) is 84.9 Å². The van der Waals surface area contributed by atoms with Gasteiger partial charge in [0, 0.05) is 22.1 Å². The van der Waals surface area contributed by atoms with Gasteiger partial charge in [-0.1, -0.05) is 94.7 Å². The van der Waals surface area contributed by atoms with E-state index in [9.17, 15) is 0 Å². The summed E-state index contributed by atoms with van der Waals surface area (Å²) in [5, 5.41) is 0. The third-order valence-corrected chi connectivity index (χ3v) is 5.81. The molecule has 0 radical (unpaired) electrons. The monoisotopic (exact) mass is 496 g/mol. The molecule has 2 aromatic rings. The summed E-state index contributed by atoms with van der Waals surface area (Å²) in [6.45, 7) is 6.28. The van der Waals surface area contributed by atoms with Gasteiger partial charge in [-0.2, -0.15) is 0 Å². The maximum atomic E-state index is 9.17. The van der Waals surface area contributed by atoms with Gasteiger partial charge in [-0.05, 0) is 73.1 Å². The molecule has 0 atom stereocenters. The molecule has 0 heterocycles. The van der Waals surface area contributed by atoms with Crippen molar-refractivity contribution in [3.8, 4) is 11.8 Å². The molecular weight excluding hydrogens is 459 g/mol. The number of allylic oxidation sites excluding steroid dienone is 2. The molecule has 0 amide bonds. The van der Waals surface area contributed by atoms with Gasteiger partial charge in [-0.25, -0.2) is 0 Å². The first-order valence-electron chi connectivity index (χ1n) is 12.5. The molecule has 34 heavy (non-hydrogen) atoms. The van der Waals surface area contributed by atoms with Crippen LogP contribution in [0.4, 0.5) is 0 Å². The van der Waals surface area contributed by atoms with Crippen molar-refractivity contribution in [2.45, 2.75) is 85.0 Å². The van der Waals surface area contributed by atoms with Gasteiger partial charge in [-0.15, -0.1) is 10.7 Å². The Hall–Kier alpha value is -2.61. The van der Waals surface area contributed by atoms with Gasteiger partial charge in [0.05, 0.1) is 5.57 Å². The first-order chi connectivity index (χ1) is 16.2. The fraction of sp³-hybridized carbons (Fsp3) is 0.419. The third-order valence-electron chi connectivity index (χ3n) is 5.81. The first-order valence-corrected chi connectivity index (χ1v) is 12.5.